The Labute approximate surface area is 114 Å². The Morgan fingerprint density at radius 2 is 1.71 bits per heavy atom. The third-order valence-electron chi connectivity index (χ3n) is 3.43. The minimum Gasteiger partial charge on any atom is -0.310 e. The van der Waals surface area contributed by atoms with E-state index in [9.17, 15) is 0 Å². The molecule has 1 aromatic rings. The summed E-state index contributed by atoms with van der Waals surface area (Å²) < 4.78 is 0. The third kappa shape index (κ3) is 4.17. The lowest BCUT2D eigenvalue weighted by Crippen LogP contribution is -2.27. The molecule has 0 radical (unpaired) electrons. The van der Waals surface area contributed by atoms with E-state index in [1.165, 1.54) is 44.1 Å². The van der Waals surface area contributed by atoms with Gasteiger partial charge in [0.2, 0.25) is 0 Å². The van der Waals surface area contributed by atoms with Crippen LogP contribution in [-0.4, -0.2) is 6.04 Å². The maximum atomic E-state index is 6.00. The van der Waals surface area contributed by atoms with Crippen LogP contribution in [0.3, 0.4) is 0 Å². The van der Waals surface area contributed by atoms with Gasteiger partial charge < -0.3 is 5.32 Å². The van der Waals surface area contributed by atoms with E-state index < -0.39 is 0 Å². The smallest absolute Gasteiger partial charge is 0.0595 e. The molecule has 1 fully saturated rings. The summed E-state index contributed by atoms with van der Waals surface area (Å²) in [5.41, 5.74) is 1.21. The van der Waals surface area contributed by atoms with Crippen molar-refractivity contribution in [3.05, 3.63) is 33.8 Å². The van der Waals surface area contributed by atoms with E-state index in [0.29, 0.717) is 16.1 Å². The Bertz CT molecular complexity index is 357. The fourth-order valence-corrected chi connectivity index (χ4v) is 2.72. The van der Waals surface area contributed by atoms with Crippen LogP contribution in [-0.2, 0) is 6.54 Å². The van der Waals surface area contributed by atoms with E-state index in [4.69, 9.17) is 23.2 Å². The normalized spacial score (nSPS) is 18.0. The van der Waals surface area contributed by atoms with E-state index in [2.05, 4.69) is 5.32 Å². The van der Waals surface area contributed by atoms with Gasteiger partial charge in [-0.05, 0) is 30.5 Å². The first-order valence-corrected chi connectivity index (χ1v) is 7.18. The van der Waals surface area contributed by atoms with Crippen molar-refractivity contribution in [2.24, 2.45) is 0 Å². The fraction of sp³-hybridized carbons (Fsp3) is 0.571. The zero-order chi connectivity index (χ0) is 12.1. The first-order valence-electron chi connectivity index (χ1n) is 6.43. The molecule has 94 valence electrons. The number of hydrogen-bond donors (Lipinski definition) is 1. The van der Waals surface area contributed by atoms with Crippen LogP contribution >= 0.6 is 23.2 Å². The van der Waals surface area contributed by atoms with Crippen LogP contribution in [0.4, 0.5) is 0 Å². The summed E-state index contributed by atoms with van der Waals surface area (Å²) in [4.78, 5) is 0. The lowest BCUT2D eigenvalue weighted by molar-refractivity contribution is 0.459. The second kappa shape index (κ2) is 6.63. The quantitative estimate of drug-likeness (QED) is 0.779. The Hall–Kier alpha value is -0.240. The molecule has 17 heavy (non-hydrogen) atoms. The molecule has 1 aliphatic carbocycles. The van der Waals surface area contributed by atoms with Crippen LogP contribution in [0.2, 0.25) is 10.0 Å². The summed E-state index contributed by atoms with van der Waals surface area (Å²) >= 11 is 11.9. The SMILES string of the molecule is Clc1ccc(CNC2CCCCCC2)cc1Cl. The van der Waals surface area contributed by atoms with Gasteiger partial charge in [0.15, 0.2) is 0 Å². The molecule has 1 nitrogen and oxygen atoms in total. The van der Waals surface area contributed by atoms with Crippen molar-refractivity contribution in [1.29, 1.82) is 0 Å². The van der Waals surface area contributed by atoms with Crippen molar-refractivity contribution < 1.29 is 0 Å². The summed E-state index contributed by atoms with van der Waals surface area (Å²) in [5.74, 6) is 0. The zero-order valence-electron chi connectivity index (χ0n) is 10.0. The lowest BCUT2D eigenvalue weighted by Gasteiger charge is -2.16. The third-order valence-corrected chi connectivity index (χ3v) is 4.17. The van der Waals surface area contributed by atoms with Gasteiger partial charge in [0.1, 0.15) is 0 Å². The van der Waals surface area contributed by atoms with E-state index in [1.807, 2.05) is 18.2 Å². The summed E-state index contributed by atoms with van der Waals surface area (Å²) in [7, 11) is 0. The molecule has 3 heteroatoms. The zero-order valence-corrected chi connectivity index (χ0v) is 11.5. The standard InChI is InChI=1S/C14H19Cl2N/c15-13-8-7-11(9-14(13)16)10-17-12-5-3-1-2-4-6-12/h7-9,12,17H,1-6,10H2. The Morgan fingerprint density at radius 1 is 1.00 bits per heavy atom. The van der Waals surface area contributed by atoms with Gasteiger partial charge in [-0.25, -0.2) is 0 Å². The first kappa shape index (κ1) is 13.2. The van der Waals surface area contributed by atoms with Gasteiger partial charge in [-0.15, -0.1) is 0 Å². The van der Waals surface area contributed by atoms with Crippen LogP contribution in [0.15, 0.2) is 18.2 Å². The minimum atomic E-state index is 0.630. The second-order valence-corrected chi connectivity index (χ2v) is 5.63. The molecular weight excluding hydrogens is 253 g/mol. The van der Waals surface area contributed by atoms with Crippen molar-refractivity contribution in [1.82, 2.24) is 5.32 Å². The number of benzene rings is 1. The molecule has 0 aromatic heterocycles. The molecule has 0 amide bonds. The van der Waals surface area contributed by atoms with Crippen LogP contribution in [0.1, 0.15) is 44.1 Å². The molecule has 0 heterocycles. The molecule has 1 aliphatic rings. The van der Waals surface area contributed by atoms with Crippen LogP contribution in [0, 0.1) is 0 Å². The predicted molar refractivity (Wildman–Crippen MR) is 74.8 cm³/mol. The van der Waals surface area contributed by atoms with Gasteiger partial charge >= 0.3 is 0 Å². The van der Waals surface area contributed by atoms with Gasteiger partial charge in [-0.1, -0.05) is 55.0 Å². The summed E-state index contributed by atoms with van der Waals surface area (Å²) in [5, 5.41) is 4.90. The number of nitrogens with one attached hydrogen (secondary N) is 1. The second-order valence-electron chi connectivity index (χ2n) is 4.82. The van der Waals surface area contributed by atoms with E-state index in [0.717, 1.165) is 6.54 Å². The maximum Gasteiger partial charge on any atom is 0.0595 e. The van der Waals surface area contributed by atoms with E-state index in [1.54, 1.807) is 0 Å². The van der Waals surface area contributed by atoms with Crippen LogP contribution < -0.4 is 5.32 Å². The highest BCUT2D eigenvalue weighted by Gasteiger charge is 2.11. The van der Waals surface area contributed by atoms with Gasteiger partial charge in [-0.3, -0.25) is 0 Å². The van der Waals surface area contributed by atoms with Gasteiger partial charge in [-0.2, -0.15) is 0 Å². The average Bonchev–Trinajstić information content (AvgIpc) is 2.59. The molecule has 0 atom stereocenters. The summed E-state index contributed by atoms with van der Waals surface area (Å²) in [6, 6.07) is 6.53. The molecular formula is C14H19Cl2N. The van der Waals surface area contributed by atoms with Crippen molar-refractivity contribution in [2.45, 2.75) is 51.1 Å². The van der Waals surface area contributed by atoms with E-state index in [-0.39, 0.29) is 0 Å². The molecule has 1 N–H and O–H groups in total. The highest BCUT2D eigenvalue weighted by Crippen LogP contribution is 2.23. The molecule has 0 aliphatic heterocycles. The Morgan fingerprint density at radius 3 is 2.35 bits per heavy atom. The highest BCUT2D eigenvalue weighted by atomic mass is 35.5. The van der Waals surface area contributed by atoms with E-state index >= 15 is 0 Å². The van der Waals surface area contributed by atoms with Gasteiger partial charge in [0.25, 0.3) is 0 Å². The van der Waals surface area contributed by atoms with Crippen LogP contribution in [0.5, 0.6) is 0 Å². The maximum absolute atomic E-state index is 6.00. The Kier molecular flexibility index (Phi) is 5.15. The van der Waals surface area contributed by atoms with Crippen molar-refractivity contribution in [3.8, 4) is 0 Å². The monoisotopic (exact) mass is 271 g/mol. The minimum absolute atomic E-state index is 0.630. The number of hydrogen-bond acceptors (Lipinski definition) is 1. The Balaban J connectivity index is 1.85. The molecule has 1 aromatic carbocycles. The fourth-order valence-electron chi connectivity index (χ4n) is 2.40. The summed E-state index contributed by atoms with van der Waals surface area (Å²) in [6.45, 7) is 0.890. The molecule has 0 unspecified atom stereocenters. The molecule has 0 bridgehead atoms. The molecule has 1 saturated carbocycles. The average molecular weight is 272 g/mol. The first-order chi connectivity index (χ1) is 8.25. The topological polar surface area (TPSA) is 12.0 Å². The lowest BCUT2D eigenvalue weighted by atomic mass is 10.1. The predicted octanol–water partition coefficient (Wildman–Crippen LogP) is 4.81. The van der Waals surface area contributed by atoms with Gasteiger partial charge in [0.05, 0.1) is 10.0 Å². The number of halogens is 2. The van der Waals surface area contributed by atoms with Gasteiger partial charge in [0, 0.05) is 12.6 Å². The highest BCUT2D eigenvalue weighted by molar-refractivity contribution is 6.42. The summed E-state index contributed by atoms with van der Waals surface area (Å²) in [6.07, 6.45) is 8.12. The number of rotatable bonds is 3. The van der Waals surface area contributed by atoms with Crippen molar-refractivity contribution in [2.75, 3.05) is 0 Å². The molecule has 2 rings (SSSR count). The van der Waals surface area contributed by atoms with Crippen LogP contribution in [0.25, 0.3) is 0 Å². The largest absolute Gasteiger partial charge is 0.310 e. The molecule has 0 spiro atoms. The van der Waals surface area contributed by atoms with Crippen molar-refractivity contribution in [3.63, 3.8) is 0 Å². The molecule has 0 saturated heterocycles. The van der Waals surface area contributed by atoms with Crippen molar-refractivity contribution >= 4 is 23.2 Å².